The van der Waals surface area contributed by atoms with Gasteiger partial charge in [-0.2, -0.15) is 0 Å². The van der Waals surface area contributed by atoms with Gasteiger partial charge in [0.15, 0.2) is 0 Å². The second-order valence-electron chi connectivity index (χ2n) is 5.32. The van der Waals surface area contributed by atoms with Gasteiger partial charge < -0.3 is 0 Å². The lowest BCUT2D eigenvalue weighted by Gasteiger charge is -2.29. The molecule has 0 aromatic heterocycles. The van der Waals surface area contributed by atoms with Gasteiger partial charge in [-0.1, -0.05) is 0 Å². The first-order valence-corrected chi connectivity index (χ1v) is 5.33. The van der Waals surface area contributed by atoms with Crippen LogP contribution < -0.4 is 5.48 Å². The third kappa shape index (κ3) is 8.59. The van der Waals surface area contributed by atoms with E-state index in [0.717, 1.165) is 0 Å². The quantitative estimate of drug-likeness (QED) is 0.585. The van der Waals surface area contributed by atoms with E-state index in [4.69, 9.17) is 21.9 Å². The van der Waals surface area contributed by atoms with Crippen LogP contribution in [0.3, 0.4) is 0 Å². The lowest BCUT2D eigenvalue weighted by atomic mass is 10.2. The summed E-state index contributed by atoms with van der Waals surface area (Å²) in [6, 6.07) is 0. The average Bonchev–Trinajstić information content (AvgIpc) is 1.95. The van der Waals surface area contributed by atoms with Gasteiger partial charge in [-0.05, 0) is 53.8 Å². The summed E-state index contributed by atoms with van der Waals surface area (Å²) in [5.41, 5.74) is 2.12. The highest BCUT2D eigenvalue weighted by atomic mass is 32.1. The summed E-state index contributed by atoms with van der Waals surface area (Å²) in [5, 5.41) is 1.89. The predicted molar refractivity (Wildman–Crippen MR) is 65.2 cm³/mol. The molecule has 1 N–H and O–H groups in total. The van der Waals surface area contributed by atoms with Crippen LogP contribution in [-0.2, 0) is 9.68 Å². The zero-order valence-electron chi connectivity index (χ0n) is 10.7. The van der Waals surface area contributed by atoms with Crippen LogP contribution in [-0.4, -0.2) is 28.4 Å². The molecule has 0 aromatic rings. The van der Waals surface area contributed by atoms with Crippen molar-refractivity contribution in [2.24, 2.45) is 0 Å². The van der Waals surface area contributed by atoms with E-state index in [1.165, 1.54) is 5.06 Å². The molecule has 0 unspecified atom stereocenters. The van der Waals surface area contributed by atoms with Crippen LogP contribution in [0.1, 0.15) is 41.5 Å². The van der Waals surface area contributed by atoms with Crippen molar-refractivity contribution in [3.8, 4) is 0 Å². The van der Waals surface area contributed by atoms with Crippen molar-refractivity contribution in [3.05, 3.63) is 0 Å². The largest absolute Gasteiger partial charge is 0.268 e. The highest BCUT2D eigenvalue weighted by Gasteiger charge is 2.18. The molecule has 90 valence electrons. The minimum absolute atomic E-state index is 0.276. The van der Waals surface area contributed by atoms with E-state index in [1.807, 2.05) is 41.5 Å². The SMILES string of the molecule is CN(OC(C)(C)C)C(=S)NOC(C)(C)C. The van der Waals surface area contributed by atoms with Crippen LogP contribution in [0.2, 0.25) is 0 Å². The van der Waals surface area contributed by atoms with E-state index in [-0.39, 0.29) is 11.2 Å². The van der Waals surface area contributed by atoms with E-state index in [9.17, 15) is 0 Å². The maximum Gasteiger partial charge on any atom is 0.217 e. The highest BCUT2D eigenvalue weighted by molar-refractivity contribution is 7.80. The van der Waals surface area contributed by atoms with Crippen molar-refractivity contribution in [2.75, 3.05) is 7.05 Å². The van der Waals surface area contributed by atoms with Crippen molar-refractivity contribution in [2.45, 2.75) is 52.7 Å². The Morgan fingerprint density at radius 3 is 1.87 bits per heavy atom. The average molecular weight is 234 g/mol. The molecule has 0 fully saturated rings. The number of nitrogens with zero attached hydrogens (tertiary/aromatic N) is 1. The van der Waals surface area contributed by atoms with Crippen molar-refractivity contribution in [1.29, 1.82) is 0 Å². The van der Waals surface area contributed by atoms with E-state index in [0.29, 0.717) is 5.11 Å². The first kappa shape index (κ1) is 14.6. The lowest BCUT2D eigenvalue weighted by molar-refractivity contribution is -0.175. The molecule has 0 aliphatic heterocycles. The predicted octanol–water partition coefficient (Wildman–Crippen LogP) is 2.25. The van der Waals surface area contributed by atoms with Gasteiger partial charge in [0.1, 0.15) is 0 Å². The summed E-state index contributed by atoms with van der Waals surface area (Å²) in [5.74, 6) is 0. The molecule has 0 saturated heterocycles. The molecular weight excluding hydrogens is 212 g/mol. The second-order valence-corrected chi connectivity index (χ2v) is 5.71. The molecule has 0 radical (unpaired) electrons. The van der Waals surface area contributed by atoms with E-state index in [1.54, 1.807) is 7.05 Å². The molecule has 0 rings (SSSR count). The first-order chi connectivity index (χ1) is 6.51. The number of hydrogen-bond donors (Lipinski definition) is 1. The molecule has 0 aromatic carbocycles. The fourth-order valence-electron chi connectivity index (χ4n) is 0.713. The number of hydroxylamine groups is 3. The summed E-state index contributed by atoms with van der Waals surface area (Å²) >= 11 is 5.08. The van der Waals surface area contributed by atoms with Gasteiger partial charge in [0.25, 0.3) is 0 Å². The highest BCUT2D eigenvalue weighted by Crippen LogP contribution is 2.09. The Bertz CT molecular complexity index is 218. The number of thiocarbonyl (C=S) groups is 1. The number of hydrogen-bond acceptors (Lipinski definition) is 3. The molecule has 0 atom stereocenters. The molecule has 0 spiro atoms. The zero-order chi connectivity index (χ0) is 12.3. The van der Waals surface area contributed by atoms with Gasteiger partial charge in [-0.25, -0.2) is 10.5 Å². The summed E-state index contributed by atoms with van der Waals surface area (Å²) in [7, 11) is 1.74. The Balaban J connectivity index is 4.01. The topological polar surface area (TPSA) is 33.7 Å². The minimum atomic E-state index is -0.285. The van der Waals surface area contributed by atoms with E-state index >= 15 is 0 Å². The normalized spacial score (nSPS) is 12.5. The monoisotopic (exact) mass is 234 g/mol. The third-order valence-corrected chi connectivity index (χ3v) is 1.48. The van der Waals surface area contributed by atoms with Gasteiger partial charge in [0, 0.05) is 7.05 Å². The van der Waals surface area contributed by atoms with Crippen molar-refractivity contribution < 1.29 is 9.68 Å². The Kier molecular flexibility index (Phi) is 4.96. The van der Waals surface area contributed by atoms with Crippen molar-refractivity contribution in [3.63, 3.8) is 0 Å². The Labute approximate surface area is 97.8 Å². The summed E-state index contributed by atoms with van der Waals surface area (Å²) in [6.45, 7) is 11.7. The van der Waals surface area contributed by atoms with Gasteiger partial charge >= 0.3 is 0 Å². The Morgan fingerprint density at radius 2 is 1.53 bits per heavy atom. The van der Waals surface area contributed by atoms with Crippen LogP contribution in [0.4, 0.5) is 0 Å². The fraction of sp³-hybridized carbons (Fsp3) is 0.900. The molecule has 5 heteroatoms. The minimum Gasteiger partial charge on any atom is -0.268 e. The molecular formula is C10H22N2O2S. The molecule has 0 heterocycles. The second kappa shape index (κ2) is 5.09. The molecule has 0 aliphatic carbocycles. The standard InChI is InChI=1S/C10H22N2O2S/c1-9(2,3)13-11-8(15)12(7)14-10(4,5)6/h1-7H3,(H,11,15). The van der Waals surface area contributed by atoms with Crippen LogP contribution in [0.5, 0.6) is 0 Å². The van der Waals surface area contributed by atoms with Crippen LogP contribution in [0.15, 0.2) is 0 Å². The van der Waals surface area contributed by atoms with Crippen molar-refractivity contribution >= 4 is 17.3 Å². The van der Waals surface area contributed by atoms with Gasteiger partial charge in [0.2, 0.25) is 5.11 Å². The number of nitrogens with one attached hydrogen (secondary N) is 1. The van der Waals surface area contributed by atoms with Crippen LogP contribution in [0.25, 0.3) is 0 Å². The maximum atomic E-state index is 5.51. The lowest BCUT2D eigenvalue weighted by Crippen LogP contribution is -2.44. The summed E-state index contributed by atoms with van der Waals surface area (Å²) in [6.07, 6.45) is 0. The first-order valence-electron chi connectivity index (χ1n) is 4.92. The Morgan fingerprint density at radius 1 is 1.07 bits per heavy atom. The van der Waals surface area contributed by atoms with E-state index in [2.05, 4.69) is 5.48 Å². The molecule has 0 saturated carbocycles. The maximum absolute atomic E-state index is 5.51. The summed E-state index contributed by atoms with van der Waals surface area (Å²) in [4.78, 5) is 10.8. The zero-order valence-corrected chi connectivity index (χ0v) is 11.5. The van der Waals surface area contributed by atoms with Gasteiger partial charge in [0.05, 0.1) is 11.2 Å². The Hall–Kier alpha value is -0.390. The van der Waals surface area contributed by atoms with Gasteiger partial charge in [-0.3, -0.25) is 9.68 Å². The smallest absolute Gasteiger partial charge is 0.217 e. The fourth-order valence-corrected chi connectivity index (χ4v) is 0.792. The number of rotatable bonds is 2. The van der Waals surface area contributed by atoms with Crippen LogP contribution in [0, 0.1) is 0 Å². The van der Waals surface area contributed by atoms with Gasteiger partial charge in [-0.15, -0.1) is 0 Å². The molecule has 0 bridgehead atoms. The molecule has 0 aliphatic rings. The summed E-state index contributed by atoms with van der Waals surface area (Å²) < 4.78 is 0. The molecule has 4 nitrogen and oxygen atoms in total. The third-order valence-electron chi connectivity index (χ3n) is 1.14. The van der Waals surface area contributed by atoms with E-state index < -0.39 is 0 Å². The van der Waals surface area contributed by atoms with Crippen LogP contribution >= 0.6 is 12.2 Å². The molecule has 0 amide bonds. The van der Waals surface area contributed by atoms with Crippen molar-refractivity contribution in [1.82, 2.24) is 10.5 Å². The molecule has 15 heavy (non-hydrogen) atoms.